The van der Waals surface area contributed by atoms with Gasteiger partial charge in [0.05, 0.1) is 13.4 Å². The van der Waals surface area contributed by atoms with Crippen LogP contribution in [0.15, 0.2) is 17.6 Å². The Labute approximate surface area is 202 Å². The van der Waals surface area contributed by atoms with Gasteiger partial charge in [0.2, 0.25) is 11.8 Å². The van der Waals surface area contributed by atoms with E-state index in [0.717, 1.165) is 0 Å². The number of esters is 1. The van der Waals surface area contributed by atoms with Gasteiger partial charge in [-0.1, -0.05) is 0 Å². The fourth-order valence-electron chi connectivity index (χ4n) is 4.32. The molecule has 1 aromatic rings. The molecular formula is C20H29N5O9S. The lowest BCUT2D eigenvalue weighted by Crippen LogP contribution is -2.59. The topological polar surface area (TPSA) is 177 Å². The van der Waals surface area contributed by atoms with Crippen molar-refractivity contribution in [2.45, 2.75) is 48.8 Å². The first kappa shape index (κ1) is 26.6. The van der Waals surface area contributed by atoms with Gasteiger partial charge in [0, 0.05) is 32.4 Å². The van der Waals surface area contributed by atoms with Gasteiger partial charge in [-0.15, -0.1) is 0 Å². The molecule has 2 amide bonds. The standard InChI is InChI=1S/C20H29N5O9S/c1-23-9-16(21-12-23)35(31,32)22-13-5-7-24(17(26)10-34-11-18(27)28)15(8-13)19(29)25-6-3-4-14(25)20(30)33-2/h9,12-15,22H,3-8,10-11H2,1-2H3,(H,27,28)/t13-,14-,15+/m1/s1. The average Bonchev–Trinajstić information content (AvgIpc) is 3.47. The highest BCUT2D eigenvalue weighted by atomic mass is 32.2. The van der Waals surface area contributed by atoms with Gasteiger partial charge in [-0.2, -0.15) is 0 Å². The van der Waals surface area contributed by atoms with E-state index in [1.54, 1.807) is 7.05 Å². The molecule has 14 nitrogen and oxygen atoms in total. The Morgan fingerprint density at radius 1 is 1.14 bits per heavy atom. The summed E-state index contributed by atoms with van der Waals surface area (Å²) in [5.41, 5.74) is 0. The Morgan fingerprint density at radius 3 is 2.51 bits per heavy atom. The molecular weight excluding hydrogens is 486 g/mol. The number of carbonyl (C=O) groups is 4. The molecule has 0 aromatic carbocycles. The summed E-state index contributed by atoms with van der Waals surface area (Å²) in [6, 6.07) is -2.55. The van der Waals surface area contributed by atoms with E-state index in [9.17, 15) is 27.6 Å². The number of hydrogen-bond donors (Lipinski definition) is 2. The number of carboxylic acid groups (broad SMARTS) is 1. The molecule has 1 aromatic heterocycles. The third kappa shape index (κ3) is 6.35. The van der Waals surface area contributed by atoms with E-state index in [2.05, 4.69) is 9.71 Å². The van der Waals surface area contributed by atoms with E-state index in [0.29, 0.717) is 12.8 Å². The van der Waals surface area contributed by atoms with Gasteiger partial charge >= 0.3 is 11.9 Å². The van der Waals surface area contributed by atoms with Crippen LogP contribution in [0.2, 0.25) is 0 Å². The lowest BCUT2D eigenvalue weighted by Gasteiger charge is -2.40. The molecule has 2 fully saturated rings. The van der Waals surface area contributed by atoms with Gasteiger partial charge in [0.15, 0.2) is 5.03 Å². The molecule has 3 rings (SSSR count). The minimum atomic E-state index is -3.97. The number of nitrogens with one attached hydrogen (secondary N) is 1. The molecule has 3 atom stereocenters. The van der Waals surface area contributed by atoms with Crippen molar-refractivity contribution < 1.29 is 42.2 Å². The maximum atomic E-state index is 13.5. The van der Waals surface area contributed by atoms with Crippen molar-refractivity contribution >= 4 is 33.8 Å². The van der Waals surface area contributed by atoms with Gasteiger partial charge in [0.1, 0.15) is 25.3 Å². The number of likely N-dealkylation sites (tertiary alicyclic amines) is 2. The van der Waals surface area contributed by atoms with Gasteiger partial charge in [0.25, 0.3) is 10.0 Å². The maximum Gasteiger partial charge on any atom is 0.329 e. The predicted molar refractivity (Wildman–Crippen MR) is 117 cm³/mol. The minimum absolute atomic E-state index is 0.0256. The number of piperidine rings is 1. The number of ether oxygens (including phenoxy) is 2. The number of aliphatic carboxylic acids is 1. The summed E-state index contributed by atoms with van der Waals surface area (Å²) >= 11 is 0. The number of carboxylic acids is 1. The van der Waals surface area contributed by atoms with Gasteiger partial charge in [-0.3, -0.25) is 9.59 Å². The van der Waals surface area contributed by atoms with Crippen LogP contribution in [-0.4, -0.2) is 108 Å². The first-order valence-electron chi connectivity index (χ1n) is 11.0. The summed E-state index contributed by atoms with van der Waals surface area (Å²) in [5.74, 6) is -2.93. The Morgan fingerprint density at radius 2 is 1.89 bits per heavy atom. The van der Waals surface area contributed by atoms with Gasteiger partial charge in [-0.05, 0) is 25.7 Å². The van der Waals surface area contributed by atoms with Crippen LogP contribution < -0.4 is 4.72 Å². The summed E-state index contributed by atoms with van der Waals surface area (Å²) in [6.07, 6.45) is 3.84. The Balaban J connectivity index is 1.79. The second-order valence-corrected chi connectivity index (χ2v) is 10.1. The Bertz CT molecular complexity index is 1070. The molecule has 0 radical (unpaired) electrons. The number of rotatable bonds is 9. The average molecular weight is 516 g/mol. The summed E-state index contributed by atoms with van der Waals surface area (Å²) in [7, 11) is -1.12. The zero-order valence-electron chi connectivity index (χ0n) is 19.5. The van der Waals surface area contributed by atoms with E-state index in [1.807, 2.05) is 0 Å². The number of aryl methyl sites for hydroxylation is 1. The first-order valence-corrected chi connectivity index (χ1v) is 12.5. The number of nitrogens with zero attached hydrogens (tertiary/aromatic N) is 4. The molecule has 0 bridgehead atoms. The molecule has 2 aliphatic rings. The number of hydrogen-bond acceptors (Lipinski definition) is 9. The minimum Gasteiger partial charge on any atom is -0.480 e. The molecule has 0 spiro atoms. The van der Waals surface area contributed by atoms with Crippen LogP contribution in [0.25, 0.3) is 0 Å². The van der Waals surface area contributed by atoms with E-state index in [1.165, 1.54) is 34.0 Å². The molecule has 0 unspecified atom stereocenters. The van der Waals surface area contributed by atoms with Crippen LogP contribution in [0.3, 0.4) is 0 Å². The van der Waals surface area contributed by atoms with E-state index in [4.69, 9.17) is 14.6 Å². The highest BCUT2D eigenvalue weighted by molar-refractivity contribution is 7.89. The smallest absolute Gasteiger partial charge is 0.329 e. The zero-order valence-corrected chi connectivity index (χ0v) is 20.3. The van der Waals surface area contributed by atoms with E-state index < -0.39 is 65.1 Å². The van der Waals surface area contributed by atoms with E-state index in [-0.39, 0.29) is 31.0 Å². The zero-order chi connectivity index (χ0) is 25.8. The largest absolute Gasteiger partial charge is 0.480 e. The quantitative estimate of drug-likeness (QED) is 0.361. The molecule has 194 valence electrons. The molecule has 0 saturated carbocycles. The molecule has 0 aliphatic carbocycles. The molecule has 35 heavy (non-hydrogen) atoms. The maximum absolute atomic E-state index is 13.5. The first-order chi connectivity index (χ1) is 16.5. The third-order valence-electron chi connectivity index (χ3n) is 5.95. The lowest BCUT2D eigenvalue weighted by atomic mass is 9.96. The number of methoxy groups -OCH3 is 1. The highest BCUT2D eigenvalue weighted by Crippen LogP contribution is 2.26. The summed E-state index contributed by atoms with van der Waals surface area (Å²) in [6.45, 7) is -0.920. The van der Waals surface area contributed by atoms with Crippen molar-refractivity contribution in [2.24, 2.45) is 7.05 Å². The SMILES string of the molecule is COC(=O)[C@H]1CCCN1C(=O)[C@@H]1C[C@H](NS(=O)(=O)c2cn(C)cn2)CCN1C(=O)COCC(=O)O. The summed E-state index contributed by atoms with van der Waals surface area (Å²) in [4.78, 5) is 55.6. The van der Waals surface area contributed by atoms with Crippen molar-refractivity contribution in [2.75, 3.05) is 33.4 Å². The van der Waals surface area contributed by atoms with Crippen molar-refractivity contribution in [3.63, 3.8) is 0 Å². The fraction of sp³-hybridized carbons (Fsp3) is 0.650. The molecule has 3 heterocycles. The van der Waals surface area contributed by atoms with Gasteiger partial charge < -0.3 is 28.9 Å². The van der Waals surface area contributed by atoms with E-state index >= 15 is 0 Å². The molecule has 2 aliphatic heterocycles. The number of sulfonamides is 1. The van der Waals surface area contributed by atoms with Crippen LogP contribution in [0.4, 0.5) is 0 Å². The normalized spacial score (nSPS) is 22.7. The van der Waals surface area contributed by atoms with Crippen LogP contribution in [-0.2, 0) is 45.7 Å². The monoisotopic (exact) mass is 515 g/mol. The van der Waals surface area contributed by atoms with Crippen LogP contribution in [0.5, 0.6) is 0 Å². The highest BCUT2D eigenvalue weighted by Gasteiger charge is 2.44. The summed E-state index contributed by atoms with van der Waals surface area (Å²) < 4.78 is 39.2. The molecule has 15 heteroatoms. The van der Waals surface area contributed by atoms with Crippen molar-refractivity contribution in [1.82, 2.24) is 24.1 Å². The molecule has 2 N–H and O–H groups in total. The number of carbonyl (C=O) groups excluding carboxylic acids is 3. The second-order valence-electron chi connectivity index (χ2n) is 8.42. The predicted octanol–water partition coefficient (Wildman–Crippen LogP) is -1.68. The Kier molecular flexibility index (Phi) is 8.45. The van der Waals surface area contributed by atoms with Crippen LogP contribution >= 0.6 is 0 Å². The summed E-state index contributed by atoms with van der Waals surface area (Å²) in [5, 5.41) is 8.56. The van der Waals surface area contributed by atoms with Crippen LogP contribution in [0.1, 0.15) is 25.7 Å². The van der Waals surface area contributed by atoms with Crippen LogP contribution in [0, 0.1) is 0 Å². The van der Waals surface area contributed by atoms with Gasteiger partial charge in [-0.25, -0.2) is 27.7 Å². The van der Waals surface area contributed by atoms with Crippen molar-refractivity contribution in [3.05, 3.63) is 12.5 Å². The Hall–Kier alpha value is -3.04. The van der Waals surface area contributed by atoms with Crippen molar-refractivity contribution in [3.8, 4) is 0 Å². The van der Waals surface area contributed by atoms with Crippen molar-refractivity contribution in [1.29, 1.82) is 0 Å². The fourth-order valence-corrected chi connectivity index (χ4v) is 5.59. The number of imidazole rings is 1. The second kappa shape index (κ2) is 11.1. The number of aromatic nitrogens is 2. The third-order valence-corrected chi connectivity index (χ3v) is 7.35. The lowest BCUT2D eigenvalue weighted by molar-refractivity contribution is -0.157. The molecule has 2 saturated heterocycles. The number of amides is 2.